The van der Waals surface area contributed by atoms with Crippen molar-refractivity contribution in [1.82, 2.24) is 4.98 Å². The lowest BCUT2D eigenvalue weighted by molar-refractivity contribution is 0.572. The van der Waals surface area contributed by atoms with Crippen LogP contribution in [0.1, 0.15) is 11.3 Å². The zero-order chi connectivity index (χ0) is 16.2. The Morgan fingerprint density at radius 1 is 1.09 bits per heavy atom. The zero-order valence-corrected chi connectivity index (χ0v) is 13.6. The first kappa shape index (κ1) is 15.9. The van der Waals surface area contributed by atoms with Gasteiger partial charge in [-0.1, -0.05) is 29.8 Å². The summed E-state index contributed by atoms with van der Waals surface area (Å²) >= 11 is 6.07. The van der Waals surface area contributed by atoms with Gasteiger partial charge in [-0.15, -0.1) is 0 Å². The molecule has 3 rings (SSSR count). The number of oxazole rings is 1. The highest BCUT2D eigenvalue weighted by atomic mass is 35.5. The molecule has 0 aliphatic carbocycles. The van der Waals surface area contributed by atoms with E-state index in [-0.39, 0.29) is 11.6 Å². The quantitative estimate of drug-likeness (QED) is 0.677. The molecule has 0 fully saturated rings. The Balaban J connectivity index is 1.68. The summed E-state index contributed by atoms with van der Waals surface area (Å²) in [4.78, 5) is 4.30. The zero-order valence-electron chi connectivity index (χ0n) is 12.0. The molecule has 0 saturated heterocycles. The second-order valence-electron chi connectivity index (χ2n) is 4.97. The van der Waals surface area contributed by atoms with Gasteiger partial charge in [-0.3, -0.25) is 4.21 Å². The monoisotopic (exact) mass is 349 g/mol. The standard InChI is InChI=1S/C17H13ClFNO2S/c18-16-4-2-1-3-13(16)10-23(21)11-15-9-22-17(20-15)12-5-7-14(19)8-6-12/h1-9H,10-11H2/t23-/m1/s1. The number of halogens is 2. The van der Waals surface area contributed by atoms with Crippen molar-refractivity contribution in [2.75, 3.05) is 0 Å². The Bertz CT molecular complexity index is 833. The van der Waals surface area contributed by atoms with E-state index in [1.807, 2.05) is 18.2 Å². The first-order valence-corrected chi connectivity index (χ1v) is 8.77. The number of nitrogens with zero attached hydrogens (tertiary/aromatic N) is 1. The summed E-state index contributed by atoms with van der Waals surface area (Å²) in [6, 6.07) is 13.2. The second kappa shape index (κ2) is 7.06. The summed E-state index contributed by atoms with van der Waals surface area (Å²) in [7, 11) is -1.15. The molecule has 118 valence electrons. The van der Waals surface area contributed by atoms with Gasteiger partial charge in [-0.25, -0.2) is 9.37 Å². The summed E-state index contributed by atoms with van der Waals surface area (Å²) in [5.74, 6) is 0.699. The van der Waals surface area contributed by atoms with Gasteiger partial charge in [-0.2, -0.15) is 0 Å². The normalized spacial score (nSPS) is 12.3. The molecule has 0 aliphatic rings. The molecule has 0 unspecified atom stereocenters. The molecule has 1 heterocycles. The van der Waals surface area contributed by atoms with Gasteiger partial charge in [-0.05, 0) is 35.9 Å². The molecule has 0 saturated carbocycles. The van der Waals surface area contributed by atoms with E-state index >= 15 is 0 Å². The highest BCUT2D eigenvalue weighted by Crippen LogP contribution is 2.21. The Morgan fingerprint density at radius 2 is 1.83 bits per heavy atom. The summed E-state index contributed by atoms with van der Waals surface area (Å²) in [5.41, 5.74) is 2.11. The molecule has 1 atom stereocenters. The average molecular weight is 350 g/mol. The van der Waals surface area contributed by atoms with Gasteiger partial charge in [0.2, 0.25) is 5.89 Å². The lowest BCUT2D eigenvalue weighted by Crippen LogP contribution is -2.00. The lowest BCUT2D eigenvalue weighted by Gasteiger charge is -2.02. The first-order chi connectivity index (χ1) is 11.1. The van der Waals surface area contributed by atoms with Crippen LogP contribution in [0.25, 0.3) is 11.5 Å². The SMILES string of the molecule is O=[S@@](Cc1coc(-c2ccc(F)cc2)n1)Cc1ccccc1Cl. The minimum absolute atomic E-state index is 0.274. The lowest BCUT2D eigenvalue weighted by atomic mass is 10.2. The summed E-state index contributed by atoms with van der Waals surface area (Å²) < 4.78 is 30.5. The predicted molar refractivity (Wildman–Crippen MR) is 88.9 cm³/mol. The third-order valence-corrected chi connectivity index (χ3v) is 4.85. The number of aromatic nitrogens is 1. The molecule has 0 spiro atoms. The van der Waals surface area contributed by atoms with Crippen LogP contribution in [0.2, 0.25) is 5.02 Å². The summed E-state index contributed by atoms with van der Waals surface area (Å²) in [6.07, 6.45) is 1.48. The number of hydrogen-bond acceptors (Lipinski definition) is 3. The van der Waals surface area contributed by atoms with E-state index in [0.717, 1.165) is 5.56 Å². The molecule has 0 bridgehead atoms. The van der Waals surface area contributed by atoms with Crippen molar-refractivity contribution >= 4 is 22.4 Å². The van der Waals surface area contributed by atoms with Crippen LogP contribution in [0.15, 0.2) is 59.2 Å². The first-order valence-electron chi connectivity index (χ1n) is 6.90. The van der Waals surface area contributed by atoms with Crippen molar-refractivity contribution < 1.29 is 13.0 Å². The van der Waals surface area contributed by atoms with Crippen molar-refractivity contribution in [2.45, 2.75) is 11.5 Å². The van der Waals surface area contributed by atoms with Gasteiger partial charge < -0.3 is 4.42 Å². The fourth-order valence-corrected chi connectivity index (χ4v) is 3.55. The van der Waals surface area contributed by atoms with Crippen molar-refractivity contribution in [3.8, 4) is 11.5 Å². The van der Waals surface area contributed by atoms with Gasteiger partial charge in [0.05, 0.1) is 17.2 Å². The van der Waals surface area contributed by atoms with Crippen LogP contribution in [-0.2, 0) is 22.3 Å². The van der Waals surface area contributed by atoms with Gasteiger partial charge in [0, 0.05) is 21.4 Å². The minimum Gasteiger partial charge on any atom is -0.444 e. The third-order valence-electron chi connectivity index (χ3n) is 3.23. The highest BCUT2D eigenvalue weighted by molar-refractivity contribution is 7.83. The molecule has 0 N–H and O–H groups in total. The Labute approximate surface area is 140 Å². The van der Waals surface area contributed by atoms with Crippen molar-refractivity contribution in [1.29, 1.82) is 0 Å². The maximum absolute atomic E-state index is 12.9. The van der Waals surface area contributed by atoms with E-state index in [9.17, 15) is 8.60 Å². The Hall–Kier alpha value is -1.98. The van der Waals surface area contributed by atoms with Gasteiger partial charge in [0.25, 0.3) is 0 Å². The number of rotatable bonds is 5. The maximum Gasteiger partial charge on any atom is 0.226 e. The number of benzene rings is 2. The fourth-order valence-electron chi connectivity index (χ4n) is 2.10. The molecule has 3 nitrogen and oxygen atoms in total. The van der Waals surface area contributed by atoms with Crippen molar-refractivity contribution in [2.24, 2.45) is 0 Å². The van der Waals surface area contributed by atoms with Crippen molar-refractivity contribution in [3.63, 3.8) is 0 Å². The molecule has 23 heavy (non-hydrogen) atoms. The Kier molecular flexibility index (Phi) is 4.88. The van der Waals surface area contributed by atoms with E-state index in [2.05, 4.69) is 4.98 Å². The Morgan fingerprint density at radius 3 is 2.57 bits per heavy atom. The van der Waals surface area contributed by atoms with E-state index in [1.165, 1.54) is 18.4 Å². The maximum atomic E-state index is 12.9. The minimum atomic E-state index is -1.15. The summed E-state index contributed by atoms with van der Waals surface area (Å²) in [6.45, 7) is 0. The van der Waals surface area contributed by atoms with Gasteiger partial charge >= 0.3 is 0 Å². The molecule has 0 amide bonds. The fraction of sp³-hybridized carbons (Fsp3) is 0.118. The predicted octanol–water partition coefficient (Wildman–Crippen LogP) is 4.58. The van der Waals surface area contributed by atoms with Crippen LogP contribution in [0, 0.1) is 5.82 Å². The van der Waals surface area contributed by atoms with Crippen molar-refractivity contribution in [3.05, 3.63) is 76.9 Å². The van der Waals surface area contributed by atoms with E-state index < -0.39 is 10.8 Å². The second-order valence-corrected chi connectivity index (χ2v) is 6.84. The molecule has 0 aliphatic heterocycles. The topological polar surface area (TPSA) is 43.1 Å². The van der Waals surface area contributed by atoms with E-state index in [0.29, 0.717) is 27.9 Å². The van der Waals surface area contributed by atoms with Crippen LogP contribution in [0.5, 0.6) is 0 Å². The molecular weight excluding hydrogens is 337 g/mol. The van der Waals surface area contributed by atoms with Crippen LogP contribution in [-0.4, -0.2) is 9.19 Å². The number of hydrogen-bond donors (Lipinski definition) is 0. The van der Waals surface area contributed by atoms with Crippen LogP contribution < -0.4 is 0 Å². The highest BCUT2D eigenvalue weighted by Gasteiger charge is 2.11. The molecule has 2 aromatic carbocycles. The molecule has 0 radical (unpaired) electrons. The largest absolute Gasteiger partial charge is 0.444 e. The molecular formula is C17H13ClFNO2S. The van der Waals surface area contributed by atoms with Gasteiger partial charge in [0.15, 0.2) is 0 Å². The molecule has 6 heteroatoms. The van der Waals surface area contributed by atoms with Crippen LogP contribution >= 0.6 is 11.6 Å². The average Bonchev–Trinajstić information content (AvgIpc) is 2.98. The molecule has 1 aromatic heterocycles. The summed E-state index contributed by atoms with van der Waals surface area (Å²) in [5, 5.41) is 0.605. The smallest absolute Gasteiger partial charge is 0.226 e. The molecule has 3 aromatic rings. The van der Waals surface area contributed by atoms with Gasteiger partial charge in [0.1, 0.15) is 12.1 Å². The van der Waals surface area contributed by atoms with E-state index in [4.69, 9.17) is 16.0 Å². The van der Waals surface area contributed by atoms with E-state index in [1.54, 1.807) is 18.2 Å². The van der Waals surface area contributed by atoms with Crippen LogP contribution in [0.4, 0.5) is 4.39 Å². The van der Waals surface area contributed by atoms with Crippen LogP contribution in [0.3, 0.4) is 0 Å². The third kappa shape index (κ3) is 4.06.